The van der Waals surface area contributed by atoms with Gasteiger partial charge in [-0.15, -0.1) is 0 Å². The Morgan fingerprint density at radius 3 is 2.59 bits per heavy atom. The molecule has 0 bridgehead atoms. The van der Waals surface area contributed by atoms with Crippen molar-refractivity contribution in [1.82, 2.24) is 14.9 Å². The summed E-state index contributed by atoms with van der Waals surface area (Å²) in [5.74, 6) is 2.24. The van der Waals surface area contributed by atoms with E-state index in [0.717, 1.165) is 30.3 Å². The van der Waals surface area contributed by atoms with Crippen molar-refractivity contribution in [3.05, 3.63) is 36.5 Å². The molecule has 2 N–H and O–H groups in total. The zero-order valence-corrected chi connectivity index (χ0v) is 13.3. The van der Waals surface area contributed by atoms with Gasteiger partial charge in [-0.3, -0.25) is 0 Å². The third-order valence-corrected chi connectivity index (χ3v) is 2.94. The van der Waals surface area contributed by atoms with Crippen LogP contribution in [0.4, 0.5) is 17.5 Å². The molecule has 0 saturated heterocycles. The topological polar surface area (TPSA) is 62.3 Å². The van der Waals surface area contributed by atoms with Crippen LogP contribution in [0, 0.1) is 0 Å². The number of ether oxygens (including phenoxy) is 1. The standard InChI is InChI=1S/C16H23N5O/c1-4-22-14-7-5-13(6-8-14)19-15-9-10-17-16(20-15)18-11-12-21(2)3/h5-10H,4,11-12H2,1-3H3,(H2,17,18,19,20). The number of anilines is 3. The fraction of sp³-hybridized carbons (Fsp3) is 0.375. The molecule has 0 spiro atoms. The van der Waals surface area contributed by atoms with Crippen LogP contribution < -0.4 is 15.4 Å². The first-order valence-electron chi connectivity index (χ1n) is 7.39. The lowest BCUT2D eigenvalue weighted by atomic mass is 10.3. The van der Waals surface area contributed by atoms with Crippen molar-refractivity contribution in [3.8, 4) is 5.75 Å². The van der Waals surface area contributed by atoms with Gasteiger partial charge in [0.1, 0.15) is 11.6 Å². The molecule has 0 radical (unpaired) electrons. The minimum atomic E-state index is 0.623. The van der Waals surface area contributed by atoms with Gasteiger partial charge in [0.05, 0.1) is 6.61 Å². The van der Waals surface area contributed by atoms with Crippen molar-refractivity contribution >= 4 is 17.5 Å². The number of hydrogen-bond acceptors (Lipinski definition) is 6. The molecule has 6 heteroatoms. The van der Waals surface area contributed by atoms with Crippen molar-refractivity contribution in [1.29, 1.82) is 0 Å². The Hall–Kier alpha value is -2.34. The molecule has 2 aromatic rings. The van der Waals surface area contributed by atoms with Gasteiger partial charge in [-0.2, -0.15) is 4.98 Å². The minimum absolute atomic E-state index is 0.623. The molecule has 2 rings (SSSR count). The Morgan fingerprint density at radius 1 is 1.14 bits per heavy atom. The van der Waals surface area contributed by atoms with E-state index in [1.165, 1.54) is 0 Å². The summed E-state index contributed by atoms with van der Waals surface area (Å²) in [7, 11) is 4.07. The summed E-state index contributed by atoms with van der Waals surface area (Å²) in [4.78, 5) is 10.8. The number of likely N-dealkylation sites (N-methyl/N-ethyl adjacent to an activating group) is 1. The monoisotopic (exact) mass is 301 g/mol. The van der Waals surface area contributed by atoms with Crippen LogP contribution in [0.5, 0.6) is 5.75 Å². The van der Waals surface area contributed by atoms with Crippen LogP contribution in [0.2, 0.25) is 0 Å². The number of nitrogens with one attached hydrogen (secondary N) is 2. The van der Waals surface area contributed by atoms with E-state index in [0.29, 0.717) is 12.6 Å². The Balaban J connectivity index is 1.94. The average molecular weight is 301 g/mol. The molecular formula is C16H23N5O. The van der Waals surface area contributed by atoms with Crippen molar-refractivity contribution in [2.45, 2.75) is 6.92 Å². The van der Waals surface area contributed by atoms with Crippen molar-refractivity contribution in [3.63, 3.8) is 0 Å². The minimum Gasteiger partial charge on any atom is -0.494 e. The normalized spacial score (nSPS) is 10.5. The second kappa shape index (κ2) is 8.19. The summed E-state index contributed by atoms with van der Waals surface area (Å²) in [5, 5.41) is 6.46. The molecule has 22 heavy (non-hydrogen) atoms. The lowest BCUT2D eigenvalue weighted by Crippen LogP contribution is -2.21. The molecule has 0 aliphatic carbocycles. The van der Waals surface area contributed by atoms with Crippen LogP contribution in [0.25, 0.3) is 0 Å². The number of nitrogens with zero attached hydrogens (tertiary/aromatic N) is 3. The fourth-order valence-electron chi connectivity index (χ4n) is 1.85. The van der Waals surface area contributed by atoms with Gasteiger partial charge >= 0.3 is 0 Å². The second-order valence-corrected chi connectivity index (χ2v) is 5.08. The summed E-state index contributed by atoms with van der Waals surface area (Å²) < 4.78 is 5.43. The third-order valence-electron chi connectivity index (χ3n) is 2.94. The highest BCUT2D eigenvalue weighted by atomic mass is 16.5. The molecule has 0 aliphatic heterocycles. The predicted molar refractivity (Wildman–Crippen MR) is 90.0 cm³/mol. The molecule has 6 nitrogen and oxygen atoms in total. The zero-order chi connectivity index (χ0) is 15.8. The van der Waals surface area contributed by atoms with Gasteiger partial charge < -0.3 is 20.3 Å². The van der Waals surface area contributed by atoms with E-state index >= 15 is 0 Å². The van der Waals surface area contributed by atoms with E-state index in [4.69, 9.17) is 4.74 Å². The van der Waals surface area contributed by atoms with Gasteiger partial charge in [0.2, 0.25) is 5.95 Å². The molecule has 1 aromatic heterocycles. The quantitative estimate of drug-likeness (QED) is 0.781. The molecule has 0 unspecified atom stereocenters. The number of rotatable bonds is 8. The van der Waals surface area contributed by atoms with Gasteiger partial charge in [-0.05, 0) is 51.4 Å². The Morgan fingerprint density at radius 2 is 1.91 bits per heavy atom. The maximum Gasteiger partial charge on any atom is 0.224 e. The van der Waals surface area contributed by atoms with E-state index in [9.17, 15) is 0 Å². The summed E-state index contributed by atoms with van der Waals surface area (Å²) in [5.41, 5.74) is 0.960. The first-order valence-corrected chi connectivity index (χ1v) is 7.39. The fourth-order valence-corrected chi connectivity index (χ4v) is 1.85. The number of aromatic nitrogens is 2. The molecule has 0 amide bonds. The molecule has 1 aromatic carbocycles. The van der Waals surface area contributed by atoms with Crippen LogP contribution in [0.1, 0.15) is 6.92 Å². The van der Waals surface area contributed by atoms with Crippen molar-refractivity contribution < 1.29 is 4.74 Å². The van der Waals surface area contributed by atoms with E-state index in [1.54, 1.807) is 6.20 Å². The lowest BCUT2D eigenvalue weighted by Gasteiger charge is -2.11. The third kappa shape index (κ3) is 5.21. The molecule has 0 aliphatic rings. The van der Waals surface area contributed by atoms with Crippen molar-refractivity contribution in [2.24, 2.45) is 0 Å². The molecule has 118 valence electrons. The van der Waals surface area contributed by atoms with Gasteiger partial charge in [0.15, 0.2) is 0 Å². The summed E-state index contributed by atoms with van der Waals surface area (Å²) in [6.07, 6.45) is 1.74. The van der Waals surface area contributed by atoms with E-state index in [2.05, 4.69) is 25.5 Å². The highest BCUT2D eigenvalue weighted by Gasteiger charge is 2.01. The smallest absolute Gasteiger partial charge is 0.224 e. The number of benzene rings is 1. The Bertz CT molecular complexity index is 571. The molecule has 1 heterocycles. The largest absolute Gasteiger partial charge is 0.494 e. The van der Waals surface area contributed by atoms with Gasteiger partial charge in [0.25, 0.3) is 0 Å². The molecule has 0 fully saturated rings. The van der Waals surface area contributed by atoms with Gasteiger partial charge in [0, 0.05) is 25.0 Å². The Kier molecular flexibility index (Phi) is 5.97. The molecule has 0 saturated carbocycles. The first-order chi connectivity index (χ1) is 10.7. The zero-order valence-electron chi connectivity index (χ0n) is 13.3. The summed E-state index contributed by atoms with van der Waals surface area (Å²) in [6, 6.07) is 9.64. The van der Waals surface area contributed by atoms with Crippen molar-refractivity contribution in [2.75, 3.05) is 44.4 Å². The van der Waals surface area contributed by atoms with Crippen LogP contribution in [0.15, 0.2) is 36.5 Å². The second-order valence-electron chi connectivity index (χ2n) is 5.08. The van der Waals surface area contributed by atoms with Gasteiger partial charge in [-0.1, -0.05) is 0 Å². The van der Waals surface area contributed by atoms with Crippen LogP contribution >= 0.6 is 0 Å². The van der Waals surface area contributed by atoms with Gasteiger partial charge in [-0.25, -0.2) is 4.98 Å². The molecular weight excluding hydrogens is 278 g/mol. The van der Waals surface area contributed by atoms with Crippen LogP contribution in [0.3, 0.4) is 0 Å². The van der Waals surface area contributed by atoms with E-state index in [-0.39, 0.29) is 0 Å². The summed E-state index contributed by atoms with van der Waals surface area (Å²) in [6.45, 7) is 4.37. The SMILES string of the molecule is CCOc1ccc(Nc2ccnc(NCCN(C)C)n2)cc1. The highest BCUT2D eigenvalue weighted by molar-refractivity contribution is 5.57. The summed E-state index contributed by atoms with van der Waals surface area (Å²) >= 11 is 0. The van der Waals surface area contributed by atoms with Crippen LogP contribution in [-0.2, 0) is 0 Å². The maximum absolute atomic E-state index is 5.43. The van der Waals surface area contributed by atoms with E-state index < -0.39 is 0 Å². The van der Waals surface area contributed by atoms with E-state index in [1.807, 2.05) is 51.4 Å². The van der Waals surface area contributed by atoms with Crippen LogP contribution in [-0.4, -0.2) is 48.7 Å². The highest BCUT2D eigenvalue weighted by Crippen LogP contribution is 2.19. The Labute approximate surface area is 131 Å². The number of hydrogen-bond donors (Lipinski definition) is 2. The maximum atomic E-state index is 5.43. The first kappa shape index (κ1) is 16.0. The molecule has 0 atom stereocenters. The predicted octanol–water partition coefficient (Wildman–Crippen LogP) is 2.59. The average Bonchev–Trinajstić information content (AvgIpc) is 2.50. The lowest BCUT2D eigenvalue weighted by molar-refractivity contribution is 0.340.